The van der Waals surface area contributed by atoms with E-state index in [-0.39, 0.29) is 12.5 Å². The average Bonchev–Trinajstić information content (AvgIpc) is 2.74. The lowest BCUT2D eigenvalue weighted by molar-refractivity contribution is -0.118. The van der Waals surface area contributed by atoms with Crippen LogP contribution in [0, 0.1) is 13.8 Å². The molecule has 0 radical (unpaired) electrons. The Labute approximate surface area is 183 Å². The molecule has 1 N–H and O–H groups in total. The minimum atomic E-state index is -0.221. The second kappa shape index (κ2) is 9.91. The smallest absolute Gasteiger partial charge is 0.262 e. The van der Waals surface area contributed by atoms with Gasteiger partial charge in [0, 0.05) is 37.4 Å². The van der Waals surface area contributed by atoms with E-state index in [2.05, 4.69) is 22.2 Å². The lowest BCUT2D eigenvalue weighted by atomic mass is 10.1. The molecule has 0 spiro atoms. The molecule has 7 heteroatoms. The van der Waals surface area contributed by atoms with E-state index in [1.54, 1.807) is 13.2 Å². The minimum Gasteiger partial charge on any atom is -0.493 e. The van der Waals surface area contributed by atoms with Crippen molar-refractivity contribution >= 4 is 28.8 Å². The predicted molar refractivity (Wildman–Crippen MR) is 124 cm³/mol. The van der Waals surface area contributed by atoms with Crippen molar-refractivity contribution in [2.24, 2.45) is 0 Å². The van der Waals surface area contributed by atoms with Gasteiger partial charge in [0.1, 0.15) is 4.99 Å². The second-order valence-corrected chi connectivity index (χ2v) is 8.00. The van der Waals surface area contributed by atoms with Crippen LogP contribution in [0.25, 0.3) is 0 Å². The molecule has 0 aliphatic carbocycles. The Morgan fingerprint density at radius 3 is 2.47 bits per heavy atom. The number of piperazine rings is 1. The highest BCUT2D eigenvalue weighted by Gasteiger charge is 2.19. The molecule has 0 unspecified atom stereocenters. The van der Waals surface area contributed by atoms with Gasteiger partial charge >= 0.3 is 0 Å². The van der Waals surface area contributed by atoms with Crippen LogP contribution < -0.4 is 14.8 Å². The van der Waals surface area contributed by atoms with Gasteiger partial charge in [-0.15, -0.1) is 0 Å². The maximum atomic E-state index is 12.3. The molecule has 160 valence electrons. The summed E-state index contributed by atoms with van der Waals surface area (Å²) in [5, 5.41) is 2.89. The molecule has 0 aromatic heterocycles. The van der Waals surface area contributed by atoms with E-state index in [9.17, 15) is 4.79 Å². The van der Waals surface area contributed by atoms with E-state index in [1.165, 1.54) is 0 Å². The number of benzene rings is 2. The molecule has 1 saturated heterocycles. The Balaban J connectivity index is 1.62. The van der Waals surface area contributed by atoms with Gasteiger partial charge in [0.05, 0.1) is 7.11 Å². The molecule has 1 amide bonds. The number of hydrogen-bond acceptors (Lipinski definition) is 5. The number of carbonyl (C=O) groups is 1. The summed E-state index contributed by atoms with van der Waals surface area (Å²) in [6, 6.07) is 11.5. The van der Waals surface area contributed by atoms with Gasteiger partial charge in [0.2, 0.25) is 0 Å². The topological polar surface area (TPSA) is 54.0 Å². The summed E-state index contributed by atoms with van der Waals surface area (Å²) in [5.74, 6) is 0.850. The first-order valence-corrected chi connectivity index (χ1v) is 10.4. The number of nitrogens with one attached hydrogen (secondary N) is 1. The number of hydrogen-bond donors (Lipinski definition) is 1. The van der Waals surface area contributed by atoms with Crippen LogP contribution >= 0.6 is 12.2 Å². The van der Waals surface area contributed by atoms with E-state index in [1.807, 2.05) is 44.2 Å². The van der Waals surface area contributed by atoms with E-state index in [4.69, 9.17) is 21.7 Å². The fourth-order valence-corrected chi connectivity index (χ4v) is 3.70. The first-order chi connectivity index (χ1) is 14.4. The first kappa shape index (κ1) is 22.1. The highest BCUT2D eigenvalue weighted by Crippen LogP contribution is 2.29. The number of ether oxygens (including phenoxy) is 2. The van der Waals surface area contributed by atoms with Crippen LogP contribution in [-0.4, -0.2) is 67.6 Å². The van der Waals surface area contributed by atoms with Gasteiger partial charge in [-0.3, -0.25) is 4.79 Å². The zero-order chi connectivity index (χ0) is 21.7. The summed E-state index contributed by atoms with van der Waals surface area (Å²) < 4.78 is 11.2. The molecule has 1 fully saturated rings. The van der Waals surface area contributed by atoms with Crippen molar-refractivity contribution in [1.82, 2.24) is 9.80 Å². The van der Waals surface area contributed by atoms with E-state index >= 15 is 0 Å². The number of aryl methyl sites for hydroxylation is 2. The zero-order valence-electron chi connectivity index (χ0n) is 18.0. The van der Waals surface area contributed by atoms with E-state index < -0.39 is 0 Å². The molecular weight excluding hydrogens is 398 g/mol. The zero-order valence-corrected chi connectivity index (χ0v) is 18.8. The van der Waals surface area contributed by atoms with Gasteiger partial charge in [0.25, 0.3) is 5.91 Å². The molecule has 1 heterocycles. The number of methoxy groups -OCH3 is 1. The Morgan fingerprint density at radius 1 is 1.07 bits per heavy atom. The molecule has 6 nitrogen and oxygen atoms in total. The summed E-state index contributed by atoms with van der Waals surface area (Å²) in [6.45, 7) is 7.69. The molecule has 2 aromatic rings. The number of nitrogens with zero attached hydrogens (tertiary/aromatic N) is 2. The molecule has 0 saturated carbocycles. The fourth-order valence-electron chi connectivity index (χ4n) is 3.40. The second-order valence-electron chi connectivity index (χ2n) is 7.62. The quantitative estimate of drug-likeness (QED) is 0.715. The maximum absolute atomic E-state index is 12.3. The van der Waals surface area contributed by atoms with Crippen molar-refractivity contribution in [1.29, 1.82) is 0 Å². The van der Waals surface area contributed by atoms with Crippen molar-refractivity contribution in [3.8, 4) is 11.5 Å². The van der Waals surface area contributed by atoms with Crippen LogP contribution in [0.2, 0.25) is 0 Å². The third kappa shape index (κ3) is 5.49. The molecule has 3 rings (SSSR count). The van der Waals surface area contributed by atoms with Crippen LogP contribution in [0.5, 0.6) is 11.5 Å². The number of rotatable bonds is 6. The van der Waals surface area contributed by atoms with Gasteiger partial charge in [-0.2, -0.15) is 0 Å². The van der Waals surface area contributed by atoms with Crippen molar-refractivity contribution in [2.45, 2.75) is 13.8 Å². The number of anilines is 1. The molecule has 30 heavy (non-hydrogen) atoms. The summed E-state index contributed by atoms with van der Waals surface area (Å²) in [4.78, 5) is 17.6. The first-order valence-electron chi connectivity index (χ1n) is 10.0. The van der Waals surface area contributed by atoms with Crippen molar-refractivity contribution < 1.29 is 14.3 Å². The summed E-state index contributed by atoms with van der Waals surface area (Å²) in [6.07, 6.45) is 0. The van der Waals surface area contributed by atoms with Gasteiger partial charge in [-0.1, -0.05) is 29.9 Å². The summed E-state index contributed by atoms with van der Waals surface area (Å²) in [5.41, 5.74) is 3.87. The van der Waals surface area contributed by atoms with Crippen LogP contribution in [0.15, 0.2) is 36.4 Å². The third-order valence-corrected chi connectivity index (χ3v) is 5.71. The van der Waals surface area contributed by atoms with Crippen molar-refractivity contribution in [2.75, 3.05) is 52.3 Å². The van der Waals surface area contributed by atoms with Gasteiger partial charge in [0.15, 0.2) is 18.1 Å². The lowest BCUT2D eigenvalue weighted by Gasteiger charge is -2.34. The number of thiocarbonyl (C=S) groups is 1. The van der Waals surface area contributed by atoms with Gasteiger partial charge in [-0.25, -0.2) is 0 Å². The third-order valence-electron chi connectivity index (χ3n) is 5.22. The Bertz CT molecular complexity index is 924. The van der Waals surface area contributed by atoms with Crippen molar-refractivity contribution in [3.63, 3.8) is 0 Å². The van der Waals surface area contributed by atoms with Crippen molar-refractivity contribution in [3.05, 3.63) is 53.1 Å². The van der Waals surface area contributed by atoms with E-state index in [0.717, 1.165) is 53.5 Å². The molecule has 0 bridgehead atoms. The SMILES string of the molecule is COc1cc(C(=S)N2CCN(C)CC2)ccc1OCC(=O)Nc1ccc(C)cc1C. The molecule has 1 aliphatic rings. The summed E-state index contributed by atoms with van der Waals surface area (Å²) >= 11 is 5.68. The highest BCUT2D eigenvalue weighted by atomic mass is 32.1. The van der Waals surface area contributed by atoms with E-state index in [0.29, 0.717) is 11.5 Å². The predicted octanol–water partition coefficient (Wildman–Crippen LogP) is 3.25. The average molecular weight is 428 g/mol. The van der Waals surface area contributed by atoms with Crippen LogP contribution in [0.1, 0.15) is 16.7 Å². The molecule has 0 atom stereocenters. The minimum absolute atomic E-state index is 0.105. The van der Waals surface area contributed by atoms with Crippen LogP contribution in [0.3, 0.4) is 0 Å². The van der Waals surface area contributed by atoms with Gasteiger partial charge in [-0.05, 0) is 50.7 Å². The molecule has 2 aromatic carbocycles. The standard InChI is InChI=1S/C23H29N3O3S/c1-16-5-7-19(17(2)13-16)24-22(27)15-29-20-8-6-18(14-21(20)28-4)23(30)26-11-9-25(3)10-12-26/h5-8,13-14H,9-12,15H2,1-4H3,(H,24,27). The number of carbonyl (C=O) groups excluding carboxylic acids is 1. The van der Waals surface area contributed by atoms with Gasteiger partial charge < -0.3 is 24.6 Å². The number of amides is 1. The monoisotopic (exact) mass is 427 g/mol. The van der Waals surface area contributed by atoms with Crippen LogP contribution in [0.4, 0.5) is 5.69 Å². The molecular formula is C23H29N3O3S. The lowest BCUT2D eigenvalue weighted by Crippen LogP contribution is -2.46. The largest absolute Gasteiger partial charge is 0.493 e. The Kier molecular flexibility index (Phi) is 7.29. The Morgan fingerprint density at radius 2 is 1.80 bits per heavy atom. The van der Waals surface area contributed by atoms with Crippen LogP contribution in [-0.2, 0) is 4.79 Å². The fraction of sp³-hybridized carbons (Fsp3) is 0.391. The maximum Gasteiger partial charge on any atom is 0.262 e. The normalized spacial score (nSPS) is 14.3. The number of likely N-dealkylation sites (N-methyl/N-ethyl adjacent to an activating group) is 1. The summed E-state index contributed by atoms with van der Waals surface area (Å²) in [7, 11) is 3.70. The molecule has 1 aliphatic heterocycles. The Hall–Kier alpha value is -2.64. The highest BCUT2D eigenvalue weighted by molar-refractivity contribution is 7.80.